The number of rotatable bonds is 5. The maximum Gasteiger partial charge on any atom is 0.280 e. The lowest BCUT2D eigenvalue weighted by atomic mass is 9.94. The number of halogens is 1. The van der Waals surface area contributed by atoms with Crippen molar-refractivity contribution in [3.8, 4) is 0 Å². The summed E-state index contributed by atoms with van der Waals surface area (Å²) < 4.78 is 8.55. The molecule has 0 N–H and O–H groups in total. The van der Waals surface area contributed by atoms with E-state index < -0.39 is 0 Å². The van der Waals surface area contributed by atoms with Gasteiger partial charge in [0.15, 0.2) is 17.0 Å². The summed E-state index contributed by atoms with van der Waals surface area (Å²) in [5.74, 6) is 1.57. The topological polar surface area (TPSA) is 105 Å². The average Bonchev–Trinajstić information content (AvgIpc) is 3.10. The van der Waals surface area contributed by atoms with Gasteiger partial charge in [-0.05, 0) is 41.9 Å². The Kier molecular flexibility index (Phi) is 3.92. The van der Waals surface area contributed by atoms with E-state index in [0.29, 0.717) is 33.8 Å². The van der Waals surface area contributed by atoms with Crippen molar-refractivity contribution < 1.29 is 4.52 Å². The van der Waals surface area contributed by atoms with Crippen LogP contribution >= 0.6 is 11.6 Å². The van der Waals surface area contributed by atoms with Crippen molar-refractivity contribution in [2.24, 2.45) is 18.4 Å². The molecule has 1 saturated carbocycles. The Hall–Kier alpha value is -3.33. The van der Waals surface area contributed by atoms with Crippen LogP contribution in [0, 0.1) is 11.3 Å². The summed E-state index contributed by atoms with van der Waals surface area (Å²) in [4.78, 5) is 30.0. The fourth-order valence-corrected chi connectivity index (χ4v) is 4.69. The maximum atomic E-state index is 12.7. The van der Waals surface area contributed by atoms with Gasteiger partial charge in [-0.2, -0.15) is 4.98 Å². The first-order chi connectivity index (χ1) is 15.0. The van der Waals surface area contributed by atoms with Crippen LogP contribution in [-0.4, -0.2) is 34.2 Å². The van der Waals surface area contributed by atoms with Gasteiger partial charge in [0, 0.05) is 19.7 Å². The Morgan fingerprint density at radius 3 is 2.97 bits per heavy atom. The van der Waals surface area contributed by atoms with E-state index in [4.69, 9.17) is 16.1 Å². The number of fused-ring (bicyclic) bond motifs is 2. The molecule has 2 aliphatic rings. The van der Waals surface area contributed by atoms with Crippen LogP contribution in [0.1, 0.15) is 30.3 Å². The van der Waals surface area contributed by atoms with Crippen LogP contribution in [0.5, 0.6) is 0 Å². The van der Waals surface area contributed by atoms with Gasteiger partial charge in [-0.15, -0.1) is 0 Å². The summed E-state index contributed by atoms with van der Waals surface area (Å²) in [5, 5.41) is 4.80. The molecule has 0 saturated heterocycles. The van der Waals surface area contributed by atoms with Crippen molar-refractivity contribution in [3.63, 3.8) is 0 Å². The highest BCUT2D eigenvalue weighted by molar-refractivity contribution is 6.30. The highest BCUT2D eigenvalue weighted by Crippen LogP contribution is 2.65. The van der Waals surface area contributed by atoms with Crippen molar-refractivity contribution in [1.82, 2.24) is 34.2 Å². The molecular weight excluding hydrogens is 418 g/mol. The molecule has 0 unspecified atom stereocenters. The van der Waals surface area contributed by atoms with Crippen molar-refractivity contribution in [2.45, 2.75) is 25.8 Å². The molecule has 2 aliphatic carbocycles. The van der Waals surface area contributed by atoms with Gasteiger partial charge >= 0.3 is 0 Å². The zero-order chi connectivity index (χ0) is 21.2. The Bertz CT molecular complexity index is 1400. The molecule has 0 aliphatic heterocycles. The van der Waals surface area contributed by atoms with Crippen molar-refractivity contribution in [2.75, 3.05) is 0 Å². The number of aromatic nitrogens is 7. The number of allylic oxidation sites excluding steroid dienone is 2. The molecule has 0 amide bonds. The van der Waals surface area contributed by atoms with E-state index in [9.17, 15) is 4.79 Å². The van der Waals surface area contributed by atoms with E-state index in [1.165, 1.54) is 16.5 Å². The molecule has 2 atom stereocenters. The fourth-order valence-electron chi connectivity index (χ4n) is 4.58. The first-order valence-corrected chi connectivity index (χ1v) is 10.4. The molecule has 4 aromatic rings. The zero-order valence-electron chi connectivity index (χ0n) is 16.7. The zero-order valence-corrected chi connectivity index (χ0v) is 17.5. The molecule has 6 rings (SSSR count). The molecular formula is C21H18ClN7O2. The predicted molar refractivity (Wildman–Crippen MR) is 112 cm³/mol. The summed E-state index contributed by atoms with van der Waals surface area (Å²) in [5.41, 5.74) is 3.05. The smallest absolute Gasteiger partial charge is 0.280 e. The largest absolute Gasteiger partial charge is 0.337 e. The standard InChI is InChI=1S/C21H18ClN7O2/c1-28-10-24-19-18(28)20(30)29(11-25-19)9-17-26-16(27-31-17)7-21-5-12(4-13(21)6-21)15-3-2-14(22)8-23-15/h2-4,8,10-11,13H,5-7,9H2,1H3/t13-,21+/m1/s1. The maximum absolute atomic E-state index is 12.7. The molecule has 0 bridgehead atoms. The number of imidazole rings is 1. The minimum absolute atomic E-state index is 0.143. The van der Waals surface area contributed by atoms with Crippen molar-refractivity contribution in [3.05, 3.63) is 69.8 Å². The normalized spacial score (nSPS) is 22.0. The average molecular weight is 436 g/mol. The van der Waals surface area contributed by atoms with E-state index in [2.05, 4.69) is 31.2 Å². The first-order valence-electron chi connectivity index (χ1n) is 10.0. The monoisotopic (exact) mass is 435 g/mol. The molecule has 31 heavy (non-hydrogen) atoms. The van der Waals surface area contributed by atoms with Gasteiger partial charge in [0.1, 0.15) is 12.9 Å². The van der Waals surface area contributed by atoms with E-state index in [1.54, 1.807) is 24.1 Å². The molecule has 0 spiro atoms. The number of pyridine rings is 1. The molecule has 9 nitrogen and oxygen atoms in total. The highest BCUT2D eigenvalue weighted by atomic mass is 35.5. The van der Waals surface area contributed by atoms with E-state index >= 15 is 0 Å². The first kappa shape index (κ1) is 18.4. The van der Waals surface area contributed by atoms with Gasteiger partial charge < -0.3 is 9.09 Å². The third kappa shape index (κ3) is 3.07. The van der Waals surface area contributed by atoms with Gasteiger partial charge in [0.05, 0.1) is 17.0 Å². The Morgan fingerprint density at radius 2 is 2.13 bits per heavy atom. The van der Waals surface area contributed by atoms with Crippen LogP contribution in [0.4, 0.5) is 0 Å². The number of hydrogen-bond acceptors (Lipinski definition) is 7. The summed E-state index contributed by atoms with van der Waals surface area (Å²) in [6.07, 6.45) is 9.82. The summed E-state index contributed by atoms with van der Waals surface area (Å²) >= 11 is 5.95. The summed E-state index contributed by atoms with van der Waals surface area (Å²) in [6.45, 7) is 0.175. The minimum atomic E-state index is -0.189. The second-order valence-corrected chi connectivity index (χ2v) is 8.83. The molecule has 156 valence electrons. The van der Waals surface area contributed by atoms with Gasteiger partial charge in [-0.3, -0.25) is 14.3 Å². The highest BCUT2D eigenvalue weighted by Gasteiger charge is 2.57. The lowest BCUT2D eigenvalue weighted by Crippen LogP contribution is -2.22. The van der Waals surface area contributed by atoms with Crippen LogP contribution in [0.2, 0.25) is 5.02 Å². The number of aryl methyl sites for hydroxylation is 1. The molecule has 0 aromatic carbocycles. The van der Waals surface area contributed by atoms with Crippen LogP contribution in [0.3, 0.4) is 0 Å². The Balaban J connectivity index is 1.18. The van der Waals surface area contributed by atoms with Gasteiger partial charge in [0.2, 0.25) is 5.89 Å². The van der Waals surface area contributed by atoms with Crippen LogP contribution in [-0.2, 0) is 20.0 Å². The molecule has 4 aromatic heterocycles. The van der Waals surface area contributed by atoms with Crippen LogP contribution < -0.4 is 5.56 Å². The van der Waals surface area contributed by atoms with E-state index in [-0.39, 0.29) is 17.5 Å². The van der Waals surface area contributed by atoms with E-state index in [0.717, 1.165) is 25.0 Å². The minimum Gasteiger partial charge on any atom is -0.337 e. The molecule has 1 fully saturated rings. The van der Waals surface area contributed by atoms with E-state index in [1.807, 2.05) is 12.1 Å². The summed E-state index contributed by atoms with van der Waals surface area (Å²) in [6, 6.07) is 3.83. The van der Waals surface area contributed by atoms with Crippen molar-refractivity contribution >= 4 is 28.3 Å². The van der Waals surface area contributed by atoms with Gasteiger partial charge in [-0.25, -0.2) is 9.97 Å². The summed E-state index contributed by atoms with van der Waals surface area (Å²) in [7, 11) is 1.77. The van der Waals surface area contributed by atoms with Gasteiger partial charge in [-0.1, -0.05) is 22.8 Å². The van der Waals surface area contributed by atoms with Crippen molar-refractivity contribution in [1.29, 1.82) is 0 Å². The number of hydrogen-bond donors (Lipinski definition) is 0. The lowest BCUT2D eigenvalue weighted by Gasteiger charge is -2.11. The van der Waals surface area contributed by atoms with Crippen LogP contribution in [0.25, 0.3) is 16.7 Å². The predicted octanol–water partition coefficient (Wildman–Crippen LogP) is 2.65. The second-order valence-electron chi connectivity index (χ2n) is 8.39. The quantitative estimate of drug-likeness (QED) is 0.474. The third-order valence-corrected chi connectivity index (χ3v) is 6.50. The lowest BCUT2D eigenvalue weighted by molar-refractivity contribution is 0.359. The molecule has 4 heterocycles. The van der Waals surface area contributed by atoms with Crippen LogP contribution in [0.15, 0.2) is 46.4 Å². The third-order valence-electron chi connectivity index (χ3n) is 6.28. The second kappa shape index (κ2) is 6.58. The fraction of sp³-hybridized carbons (Fsp3) is 0.333. The Labute approximate surface area is 181 Å². The SMILES string of the molecule is Cn1cnc2ncn(Cc3nc(C[C@@]45CC(c6ccc(Cl)cn6)=C[C@@H]4C5)no3)c(=O)c21. The van der Waals surface area contributed by atoms with Gasteiger partial charge in [0.25, 0.3) is 5.56 Å². The molecule has 0 radical (unpaired) electrons. The molecule has 10 heteroatoms. The number of nitrogens with zero attached hydrogens (tertiary/aromatic N) is 7. The Morgan fingerprint density at radius 1 is 1.26 bits per heavy atom.